The quantitative estimate of drug-likeness (QED) is 0.756. The Balaban J connectivity index is 1.71. The van der Waals surface area contributed by atoms with E-state index in [9.17, 15) is 10.2 Å². The molecule has 3 nitrogen and oxygen atoms in total. The minimum atomic E-state index is 0.0872. The fourth-order valence-corrected chi connectivity index (χ4v) is 4.92. The van der Waals surface area contributed by atoms with E-state index in [4.69, 9.17) is 4.74 Å². The molecule has 0 aromatic heterocycles. The third-order valence-corrected chi connectivity index (χ3v) is 5.79. The van der Waals surface area contributed by atoms with Crippen molar-refractivity contribution in [3.05, 3.63) is 17.7 Å². The first-order chi connectivity index (χ1) is 9.74. The monoisotopic (exact) mass is 274 g/mol. The van der Waals surface area contributed by atoms with Crippen molar-refractivity contribution in [2.45, 2.75) is 44.4 Å². The van der Waals surface area contributed by atoms with Gasteiger partial charge in [-0.25, -0.2) is 0 Å². The maximum atomic E-state index is 9.97. The van der Waals surface area contributed by atoms with Crippen molar-refractivity contribution >= 4 is 0 Å². The van der Waals surface area contributed by atoms with Crippen molar-refractivity contribution in [3.8, 4) is 17.2 Å². The summed E-state index contributed by atoms with van der Waals surface area (Å²) < 4.78 is 5.87. The summed E-state index contributed by atoms with van der Waals surface area (Å²) in [4.78, 5) is 0. The molecular formula is C17H22O3. The lowest BCUT2D eigenvalue weighted by atomic mass is 9.60. The Hall–Kier alpha value is -1.38. The molecule has 2 aliphatic carbocycles. The number of hydrogen-bond donors (Lipinski definition) is 2. The molecule has 4 unspecified atom stereocenters. The van der Waals surface area contributed by atoms with Crippen molar-refractivity contribution in [2.75, 3.05) is 6.61 Å². The normalized spacial score (nSPS) is 35.4. The molecule has 1 aromatic carbocycles. The van der Waals surface area contributed by atoms with Gasteiger partial charge in [0.25, 0.3) is 0 Å². The fraction of sp³-hybridized carbons (Fsp3) is 0.647. The van der Waals surface area contributed by atoms with Crippen LogP contribution in [0, 0.1) is 17.8 Å². The molecule has 2 N–H and O–H groups in total. The number of phenolic OH excluding ortho intramolecular Hbond substituents is 2. The van der Waals surface area contributed by atoms with E-state index in [-0.39, 0.29) is 11.5 Å². The first kappa shape index (κ1) is 12.4. The Morgan fingerprint density at radius 3 is 2.70 bits per heavy atom. The van der Waals surface area contributed by atoms with Crippen LogP contribution in [0.25, 0.3) is 0 Å². The van der Waals surface area contributed by atoms with E-state index in [0.29, 0.717) is 17.6 Å². The largest absolute Gasteiger partial charge is 0.508 e. The van der Waals surface area contributed by atoms with Crippen LogP contribution >= 0.6 is 0 Å². The number of ether oxygens (including phenoxy) is 1. The van der Waals surface area contributed by atoms with Gasteiger partial charge in [0.2, 0.25) is 0 Å². The highest BCUT2D eigenvalue weighted by atomic mass is 16.5. The molecule has 2 fully saturated rings. The summed E-state index contributed by atoms with van der Waals surface area (Å²) in [5.41, 5.74) is 1.03. The minimum absolute atomic E-state index is 0.0872. The molecule has 3 heteroatoms. The number of rotatable bonds is 0. The second-order valence-corrected chi connectivity index (χ2v) is 6.75. The van der Waals surface area contributed by atoms with Gasteiger partial charge in [0.15, 0.2) is 11.5 Å². The summed E-state index contributed by atoms with van der Waals surface area (Å²) in [5.74, 6) is 3.53. The van der Waals surface area contributed by atoms with Crippen LogP contribution in [0.15, 0.2) is 12.1 Å². The Kier molecular flexibility index (Phi) is 2.83. The van der Waals surface area contributed by atoms with Crippen LogP contribution in [-0.4, -0.2) is 16.8 Å². The van der Waals surface area contributed by atoms with E-state index >= 15 is 0 Å². The number of hydrogen-bond acceptors (Lipinski definition) is 3. The van der Waals surface area contributed by atoms with Gasteiger partial charge in [-0.05, 0) is 43.1 Å². The van der Waals surface area contributed by atoms with Gasteiger partial charge < -0.3 is 14.9 Å². The van der Waals surface area contributed by atoms with Crippen molar-refractivity contribution < 1.29 is 14.9 Å². The maximum Gasteiger partial charge on any atom is 0.164 e. The molecule has 20 heavy (non-hydrogen) atoms. The van der Waals surface area contributed by atoms with E-state index in [1.165, 1.54) is 44.6 Å². The number of phenols is 2. The van der Waals surface area contributed by atoms with Crippen molar-refractivity contribution in [2.24, 2.45) is 17.8 Å². The van der Waals surface area contributed by atoms with E-state index in [2.05, 4.69) is 0 Å². The van der Waals surface area contributed by atoms with Crippen LogP contribution in [0.3, 0.4) is 0 Å². The fourth-order valence-electron chi connectivity index (χ4n) is 4.92. The zero-order valence-electron chi connectivity index (χ0n) is 11.7. The smallest absolute Gasteiger partial charge is 0.164 e. The van der Waals surface area contributed by atoms with Crippen LogP contribution in [0.4, 0.5) is 0 Å². The molecule has 4 rings (SSSR count). The van der Waals surface area contributed by atoms with Crippen molar-refractivity contribution in [1.29, 1.82) is 0 Å². The Labute approximate surface area is 119 Å². The van der Waals surface area contributed by atoms with E-state index < -0.39 is 0 Å². The van der Waals surface area contributed by atoms with E-state index in [0.717, 1.165) is 24.0 Å². The number of fused-ring (bicyclic) bond motifs is 5. The summed E-state index contributed by atoms with van der Waals surface area (Å²) in [6.07, 6.45) is 7.91. The van der Waals surface area contributed by atoms with Crippen LogP contribution in [-0.2, 0) is 0 Å². The molecule has 0 bridgehead atoms. The number of benzene rings is 1. The topological polar surface area (TPSA) is 49.7 Å². The molecule has 108 valence electrons. The molecule has 3 aliphatic rings. The van der Waals surface area contributed by atoms with Crippen molar-refractivity contribution in [1.82, 2.24) is 0 Å². The average molecular weight is 274 g/mol. The van der Waals surface area contributed by atoms with Gasteiger partial charge in [-0.1, -0.05) is 19.3 Å². The summed E-state index contributed by atoms with van der Waals surface area (Å²) in [6.45, 7) is 0.733. The average Bonchev–Trinajstić information content (AvgIpc) is 2.46. The highest BCUT2D eigenvalue weighted by molar-refractivity contribution is 5.53. The maximum absolute atomic E-state index is 9.97. The Morgan fingerprint density at radius 1 is 0.950 bits per heavy atom. The molecule has 1 aromatic rings. The molecule has 2 saturated carbocycles. The van der Waals surface area contributed by atoms with Gasteiger partial charge in [-0.3, -0.25) is 0 Å². The highest BCUT2D eigenvalue weighted by Gasteiger charge is 2.44. The van der Waals surface area contributed by atoms with Gasteiger partial charge in [-0.2, -0.15) is 0 Å². The standard InChI is InChI=1S/C17H22O3/c18-11-7-14-13-6-5-10-3-1-2-4-12(10)15(13)9-20-17(14)16(19)8-11/h7-8,10,12-13,15,18-19H,1-6,9H2. The SMILES string of the molecule is Oc1cc(O)c2c(c1)C1CCC3CCCCC3C1CO2. The van der Waals surface area contributed by atoms with Gasteiger partial charge in [0.1, 0.15) is 5.75 Å². The molecule has 0 spiro atoms. The van der Waals surface area contributed by atoms with E-state index in [1.807, 2.05) is 0 Å². The van der Waals surface area contributed by atoms with Gasteiger partial charge in [0, 0.05) is 17.5 Å². The van der Waals surface area contributed by atoms with Crippen LogP contribution in [0.5, 0.6) is 17.2 Å². The predicted octanol–water partition coefficient (Wildman–Crippen LogP) is 3.79. The summed E-state index contributed by atoms with van der Waals surface area (Å²) in [5, 5.41) is 19.8. The van der Waals surface area contributed by atoms with E-state index in [1.54, 1.807) is 6.07 Å². The molecule has 1 heterocycles. The molecule has 0 radical (unpaired) electrons. The third-order valence-electron chi connectivity index (χ3n) is 5.79. The lowest BCUT2D eigenvalue weighted by Gasteiger charge is -2.48. The minimum Gasteiger partial charge on any atom is -0.508 e. The molecule has 0 saturated heterocycles. The molecule has 4 atom stereocenters. The second kappa shape index (κ2) is 4.57. The van der Waals surface area contributed by atoms with Crippen LogP contribution in [0.1, 0.15) is 50.0 Å². The Morgan fingerprint density at radius 2 is 1.80 bits per heavy atom. The lowest BCUT2D eigenvalue weighted by molar-refractivity contribution is 0.0352. The van der Waals surface area contributed by atoms with Crippen LogP contribution < -0.4 is 4.74 Å². The van der Waals surface area contributed by atoms with Gasteiger partial charge >= 0.3 is 0 Å². The second-order valence-electron chi connectivity index (χ2n) is 6.75. The predicted molar refractivity (Wildman–Crippen MR) is 76.2 cm³/mol. The highest BCUT2D eigenvalue weighted by Crippen LogP contribution is 2.55. The summed E-state index contributed by atoms with van der Waals surface area (Å²) >= 11 is 0. The molecular weight excluding hydrogens is 252 g/mol. The first-order valence-corrected chi connectivity index (χ1v) is 7.92. The third kappa shape index (κ3) is 1.79. The lowest BCUT2D eigenvalue weighted by Crippen LogP contribution is -2.41. The van der Waals surface area contributed by atoms with Crippen molar-refractivity contribution in [3.63, 3.8) is 0 Å². The first-order valence-electron chi connectivity index (χ1n) is 7.92. The zero-order chi connectivity index (χ0) is 13.7. The molecule has 1 aliphatic heterocycles. The van der Waals surface area contributed by atoms with Gasteiger partial charge in [-0.15, -0.1) is 0 Å². The number of aromatic hydroxyl groups is 2. The van der Waals surface area contributed by atoms with Crippen LogP contribution in [0.2, 0.25) is 0 Å². The van der Waals surface area contributed by atoms with Gasteiger partial charge in [0.05, 0.1) is 6.61 Å². The summed E-state index contributed by atoms with van der Waals surface area (Å²) in [7, 11) is 0. The Bertz CT molecular complexity index is 525. The zero-order valence-corrected chi connectivity index (χ0v) is 11.7. The molecule has 0 amide bonds. The summed E-state index contributed by atoms with van der Waals surface area (Å²) in [6, 6.07) is 3.18.